The maximum absolute atomic E-state index is 13.2. The van der Waals surface area contributed by atoms with Gasteiger partial charge >= 0.3 is 0 Å². The topological polar surface area (TPSA) is 67.2 Å². The average molecular weight is 386 g/mol. The average Bonchev–Trinajstić information content (AvgIpc) is 2.95. The van der Waals surface area contributed by atoms with E-state index in [1.807, 2.05) is 18.7 Å². The Morgan fingerprint density at radius 2 is 1.82 bits per heavy atom. The van der Waals surface area contributed by atoms with Gasteiger partial charge in [0.05, 0.1) is 17.8 Å². The number of piperidine rings is 1. The Kier molecular flexibility index (Phi) is 6.11. The van der Waals surface area contributed by atoms with E-state index in [1.165, 1.54) is 19.1 Å². The molecule has 1 aromatic heterocycles. The molecule has 2 heterocycles. The number of hydrogen-bond donors (Lipinski definition) is 1. The lowest BCUT2D eigenvalue weighted by atomic mass is 9.96. The summed E-state index contributed by atoms with van der Waals surface area (Å²) in [5.41, 5.74) is 3.42. The van der Waals surface area contributed by atoms with Crippen LogP contribution in [0, 0.1) is 25.6 Å². The van der Waals surface area contributed by atoms with Crippen LogP contribution in [0.1, 0.15) is 36.7 Å². The summed E-state index contributed by atoms with van der Waals surface area (Å²) in [6.07, 6.45) is 2.12. The number of aromatic nitrogens is 2. The van der Waals surface area contributed by atoms with E-state index >= 15 is 0 Å². The molecule has 0 radical (unpaired) electrons. The normalized spacial score (nSPS) is 14.9. The lowest BCUT2D eigenvalue weighted by molar-refractivity contribution is -0.132. The van der Waals surface area contributed by atoms with E-state index in [0.717, 1.165) is 35.5 Å². The van der Waals surface area contributed by atoms with Gasteiger partial charge in [0, 0.05) is 37.8 Å². The summed E-state index contributed by atoms with van der Waals surface area (Å²) in [5, 5.41) is 7.40. The fraction of sp³-hybridized carbons (Fsp3) is 0.476. The molecule has 1 saturated heterocycles. The number of hydrogen-bond acceptors (Lipinski definition) is 3. The van der Waals surface area contributed by atoms with E-state index in [4.69, 9.17) is 0 Å². The maximum atomic E-state index is 13.2. The summed E-state index contributed by atoms with van der Waals surface area (Å²) in [7, 11) is 0. The largest absolute Gasteiger partial charge is 0.356 e. The molecule has 1 aliphatic heterocycles. The van der Waals surface area contributed by atoms with Gasteiger partial charge in [0.25, 0.3) is 0 Å². The van der Waals surface area contributed by atoms with Gasteiger partial charge in [-0.05, 0) is 56.9 Å². The fourth-order valence-corrected chi connectivity index (χ4v) is 3.70. The molecule has 1 N–H and O–H groups in total. The molecule has 1 aromatic carbocycles. The number of carbonyl (C=O) groups is 2. The molecule has 0 aliphatic carbocycles. The van der Waals surface area contributed by atoms with Gasteiger partial charge in [-0.1, -0.05) is 0 Å². The SMILES string of the molecule is CC(=O)NCC1CCN(C(=O)Cc2c(C)nn(-c3ccc(F)cc3)c2C)CC1. The Balaban J connectivity index is 1.63. The van der Waals surface area contributed by atoms with E-state index in [9.17, 15) is 14.0 Å². The number of halogens is 1. The van der Waals surface area contributed by atoms with Crippen LogP contribution in [0.2, 0.25) is 0 Å². The highest BCUT2D eigenvalue weighted by molar-refractivity contribution is 5.79. The van der Waals surface area contributed by atoms with Crippen LogP contribution in [-0.4, -0.2) is 46.1 Å². The summed E-state index contributed by atoms with van der Waals surface area (Å²) >= 11 is 0. The second-order valence-corrected chi connectivity index (χ2v) is 7.48. The van der Waals surface area contributed by atoms with Crippen molar-refractivity contribution >= 4 is 11.8 Å². The molecule has 0 bridgehead atoms. The summed E-state index contributed by atoms with van der Waals surface area (Å²) in [6, 6.07) is 6.17. The highest BCUT2D eigenvalue weighted by Crippen LogP contribution is 2.21. The highest BCUT2D eigenvalue weighted by atomic mass is 19.1. The van der Waals surface area contributed by atoms with E-state index in [2.05, 4.69) is 10.4 Å². The predicted molar refractivity (Wildman–Crippen MR) is 105 cm³/mol. The smallest absolute Gasteiger partial charge is 0.227 e. The second-order valence-electron chi connectivity index (χ2n) is 7.48. The monoisotopic (exact) mass is 386 g/mol. The van der Waals surface area contributed by atoms with Gasteiger partial charge in [-0.3, -0.25) is 9.59 Å². The van der Waals surface area contributed by atoms with Gasteiger partial charge in [-0.25, -0.2) is 9.07 Å². The van der Waals surface area contributed by atoms with Crippen LogP contribution in [0.4, 0.5) is 4.39 Å². The molecule has 6 nitrogen and oxygen atoms in total. The van der Waals surface area contributed by atoms with Crippen molar-refractivity contribution in [3.63, 3.8) is 0 Å². The molecule has 0 saturated carbocycles. The van der Waals surface area contributed by atoms with Crippen molar-refractivity contribution in [2.45, 2.75) is 40.0 Å². The van der Waals surface area contributed by atoms with Crippen LogP contribution in [0.3, 0.4) is 0 Å². The summed E-state index contributed by atoms with van der Waals surface area (Å²) < 4.78 is 14.9. The molecule has 2 amide bonds. The Morgan fingerprint density at radius 1 is 1.18 bits per heavy atom. The third-order valence-corrected chi connectivity index (χ3v) is 5.45. The van der Waals surface area contributed by atoms with Crippen molar-refractivity contribution in [2.24, 2.45) is 5.92 Å². The van der Waals surface area contributed by atoms with E-state index < -0.39 is 0 Å². The lowest BCUT2D eigenvalue weighted by Crippen LogP contribution is -2.42. The molecule has 3 rings (SSSR count). The van der Waals surface area contributed by atoms with Crippen molar-refractivity contribution in [1.29, 1.82) is 0 Å². The van der Waals surface area contributed by atoms with Gasteiger partial charge in [0.1, 0.15) is 5.82 Å². The Bertz CT molecular complexity index is 852. The van der Waals surface area contributed by atoms with Crippen molar-refractivity contribution in [3.05, 3.63) is 47.0 Å². The molecule has 1 aliphatic rings. The minimum absolute atomic E-state index is 0.0115. The first-order chi connectivity index (χ1) is 13.3. The van der Waals surface area contributed by atoms with Gasteiger partial charge in [0.15, 0.2) is 0 Å². The number of rotatable bonds is 5. The van der Waals surface area contributed by atoms with Crippen LogP contribution >= 0.6 is 0 Å². The van der Waals surface area contributed by atoms with Crippen molar-refractivity contribution in [2.75, 3.05) is 19.6 Å². The number of likely N-dealkylation sites (tertiary alicyclic amines) is 1. The molecule has 0 spiro atoms. The van der Waals surface area contributed by atoms with Crippen molar-refractivity contribution in [3.8, 4) is 5.69 Å². The molecule has 28 heavy (non-hydrogen) atoms. The number of amides is 2. The lowest BCUT2D eigenvalue weighted by Gasteiger charge is -2.32. The van der Waals surface area contributed by atoms with Gasteiger partial charge in [-0.15, -0.1) is 0 Å². The Morgan fingerprint density at radius 3 is 2.43 bits per heavy atom. The second kappa shape index (κ2) is 8.54. The molecule has 0 unspecified atom stereocenters. The maximum Gasteiger partial charge on any atom is 0.227 e. The zero-order chi connectivity index (χ0) is 20.3. The van der Waals surface area contributed by atoms with Crippen LogP contribution in [0.5, 0.6) is 0 Å². The summed E-state index contributed by atoms with van der Waals surface area (Å²) in [6.45, 7) is 7.47. The first kappa shape index (κ1) is 20.0. The number of benzene rings is 1. The zero-order valence-electron chi connectivity index (χ0n) is 16.7. The van der Waals surface area contributed by atoms with Crippen LogP contribution in [0.25, 0.3) is 5.69 Å². The minimum atomic E-state index is -0.289. The molecule has 1 fully saturated rings. The van der Waals surface area contributed by atoms with E-state index in [1.54, 1.807) is 16.8 Å². The Labute approximate surface area is 164 Å². The van der Waals surface area contributed by atoms with Crippen LogP contribution in [0.15, 0.2) is 24.3 Å². The first-order valence-corrected chi connectivity index (χ1v) is 9.68. The van der Waals surface area contributed by atoms with E-state index in [-0.39, 0.29) is 17.6 Å². The van der Waals surface area contributed by atoms with Gasteiger partial charge in [0.2, 0.25) is 11.8 Å². The highest BCUT2D eigenvalue weighted by Gasteiger charge is 2.25. The molecule has 7 heteroatoms. The summed E-state index contributed by atoms with van der Waals surface area (Å²) in [5.74, 6) is 0.227. The molecule has 2 aromatic rings. The number of aryl methyl sites for hydroxylation is 1. The third kappa shape index (κ3) is 4.58. The summed E-state index contributed by atoms with van der Waals surface area (Å²) in [4.78, 5) is 25.8. The number of nitrogens with one attached hydrogen (secondary N) is 1. The van der Waals surface area contributed by atoms with Crippen LogP contribution in [-0.2, 0) is 16.0 Å². The third-order valence-electron chi connectivity index (χ3n) is 5.45. The zero-order valence-corrected chi connectivity index (χ0v) is 16.7. The van der Waals surface area contributed by atoms with Crippen molar-refractivity contribution in [1.82, 2.24) is 20.0 Å². The number of carbonyl (C=O) groups excluding carboxylic acids is 2. The predicted octanol–water partition coefficient (Wildman–Crippen LogP) is 2.55. The van der Waals surface area contributed by atoms with Gasteiger partial charge < -0.3 is 10.2 Å². The van der Waals surface area contributed by atoms with Crippen molar-refractivity contribution < 1.29 is 14.0 Å². The van der Waals surface area contributed by atoms with Gasteiger partial charge in [-0.2, -0.15) is 5.10 Å². The minimum Gasteiger partial charge on any atom is -0.356 e. The first-order valence-electron chi connectivity index (χ1n) is 9.68. The molecule has 150 valence electrons. The molecule has 0 atom stereocenters. The molecular formula is C21H27FN4O2. The quantitative estimate of drug-likeness (QED) is 0.859. The molecular weight excluding hydrogens is 359 g/mol. The van der Waals surface area contributed by atoms with E-state index in [0.29, 0.717) is 32.0 Å². The Hall–Kier alpha value is -2.70. The van der Waals surface area contributed by atoms with Crippen LogP contribution < -0.4 is 5.32 Å². The fourth-order valence-electron chi connectivity index (χ4n) is 3.70. The standard InChI is InChI=1S/C21H27FN4O2/c1-14-20(15(2)26(24-14)19-6-4-18(22)5-7-19)12-21(28)25-10-8-17(9-11-25)13-23-16(3)27/h4-7,17H,8-13H2,1-3H3,(H,23,27). The number of nitrogens with zero attached hydrogens (tertiary/aromatic N) is 3.